The van der Waals surface area contributed by atoms with Crippen molar-refractivity contribution in [1.29, 1.82) is 0 Å². The topological polar surface area (TPSA) is 55.7 Å². The number of quaternary nitrogens is 1. The molecule has 1 fully saturated rings. The first-order valence-electron chi connectivity index (χ1n) is 7.02. The van der Waals surface area contributed by atoms with E-state index in [-0.39, 0.29) is 11.9 Å². The van der Waals surface area contributed by atoms with E-state index in [1.807, 2.05) is 35.7 Å². The summed E-state index contributed by atoms with van der Waals surface area (Å²) in [6.07, 6.45) is 1.69. The molecule has 0 spiro atoms. The number of aromatic nitrogens is 1. The number of carbonyl (C=O) groups excluding carboxylic acids is 1. The van der Waals surface area contributed by atoms with Crippen LogP contribution in [0.2, 0.25) is 0 Å². The van der Waals surface area contributed by atoms with Gasteiger partial charge in [0.25, 0.3) is 5.91 Å². The molecular formula is C15H18N3O2S+. The number of morpholine rings is 1. The molecule has 0 unspecified atom stereocenters. The lowest BCUT2D eigenvalue weighted by atomic mass is 10.0. The van der Waals surface area contributed by atoms with Gasteiger partial charge >= 0.3 is 0 Å². The van der Waals surface area contributed by atoms with Crippen molar-refractivity contribution in [3.05, 3.63) is 47.5 Å². The molecule has 0 saturated carbocycles. The van der Waals surface area contributed by atoms with Gasteiger partial charge in [0.15, 0.2) is 11.2 Å². The van der Waals surface area contributed by atoms with Crippen LogP contribution in [0.5, 0.6) is 0 Å². The first-order chi connectivity index (χ1) is 10.3. The molecule has 1 aliphatic rings. The predicted octanol–water partition coefficient (Wildman–Crippen LogP) is 0.738. The number of carbonyl (C=O) groups is 1. The Kier molecular flexibility index (Phi) is 4.59. The van der Waals surface area contributed by atoms with Crippen LogP contribution >= 0.6 is 11.3 Å². The van der Waals surface area contributed by atoms with Gasteiger partial charge in [0.05, 0.1) is 13.2 Å². The Morgan fingerprint density at radius 3 is 2.71 bits per heavy atom. The van der Waals surface area contributed by atoms with Gasteiger partial charge < -0.3 is 9.64 Å². The Bertz CT molecular complexity index is 568. The molecule has 1 aliphatic heterocycles. The van der Waals surface area contributed by atoms with E-state index < -0.39 is 0 Å². The summed E-state index contributed by atoms with van der Waals surface area (Å²) < 4.78 is 5.41. The van der Waals surface area contributed by atoms with Crippen molar-refractivity contribution < 1.29 is 14.4 Å². The van der Waals surface area contributed by atoms with E-state index in [1.54, 1.807) is 6.20 Å². The van der Waals surface area contributed by atoms with E-state index in [9.17, 15) is 4.79 Å². The van der Waals surface area contributed by atoms with Crippen LogP contribution in [0, 0.1) is 0 Å². The molecule has 0 aliphatic carbocycles. The zero-order valence-electron chi connectivity index (χ0n) is 11.6. The molecule has 1 aromatic heterocycles. The standard InChI is InChI=1S/C15H17N3O2S/c19-14(17-15-16-6-11-21-15)13(12-4-2-1-3-5-12)18-7-9-20-10-8-18/h1-6,11,13H,7-10H2,(H,16,17,19)/p+1/t13-/m0/s1. The van der Waals surface area contributed by atoms with Crippen LogP contribution in [0.4, 0.5) is 5.13 Å². The van der Waals surface area contributed by atoms with Crippen LogP contribution in [0.1, 0.15) is 11.6 Å². The van der Waals surface area contributed by atoms with Gasteiger partial charge in [-0.3, -0.25) is 10.1 Å². The van der Waals surface area contributed by atoms with E-state index in [4.69, 9.17) is 4.74 Å². The third-order valence-electron chi connectivity index (χ3n) is 3.60. The van der Waals surface area contributed by atoms with Crippen molar-refractivity contribution in [2.24, 2.45) is 0 Å². The summed E-state index contributed by atoms with van der Waals surface area (Å²) in [5.41, 5.74) is 1.03. The van der Waals surface area contributed by atoms with Gasteiger partial charge in [-0.15, -0.1) is 11.3 Å². The Morgan fingerprint density at radius 2 is 2.05 bits per heavy atom. The quantitative estimate of drug-likeness (QED) is 0.876. The summed E-state index contributed by atoms with van der Waals surface area (Å²) in [6, 6.07) is 9.70. The molecule has 0 radical (unpaired) electrons. The second kappa shape index (κ2) is 6.80. The Hall–Kier alpha value is -1.76. The van der Waals surface area contributed by atoms with Gasteiger partial charge in [-0.1, -0.05) is 30.3 Å². The van der Waals surface area contributed by atoms with Gasteiger partial charge in [-0.2, -0.15) is 0 Å². The maximum atomic E-state index is 12.7. The van der Waals surface area contributed by atoms with Crippen LogP contribution in [-0.2, 0) is 9.53 Å². The van der Waals surface area contributed by atoms with Crippen molar-refractivity contribution in [3.8, 4) is 0 Å². The molecule has 0 bridgehead atoms. The number of hydrogen-bond acceptors (Lipinski definition) is 4. The molecule has 5 nitrogen and oxygen atoms in total. The minimum Gasteiger partial charge on any atom is -0.370 e. The predicted molar refractivity (Wildman–Crippen MR) is 81.4 cm³/mol. The summed E-state index contributed by atoms with van der Waals surface area (Å²) in [5, 5.41) is 5.43. The van der Waals surface area contributed by atoms with Crippen LogP contribution in [0.15, 0.2) is 41.9 Å². The summed E-state index contributed by atoms with van der Waals surface area (Å²) in [6.45, 7) is 3.07. The molecule has 6 heteroatoms. The van der Waals surface area contributed by atoms with Gasteiger partial charge in [-0.25, -0.2) is 4.98 Å². The smallest absolute Gasteiger partial charge is 0.289 e. The zero-order valence-corrected chi connectivity index (χ0v) is 12.4. The normalized spacial score (nSPS) is 17.3. The molecule has 1 atom stereocenters. The number of thiazole rings is 1. The van der Waals surface area contributed by atoms with Crippen molar-refractivity contribution in [2.45, 2.75) is 6.04 Å². The Balaban J connectivity index is 1.82. The number of nitrogens with zero attached hydrogens (tertiary/aromatic N) is 1. The Labute approximate surface area is 127 Å². The monoisotopic (exact) mass is 304 g/mol. The lowest BCUT2D eigenvalue weighted by Crippen LogP contribution is -3.15. The van der Waals surface area contributed by atoms with E-state index in [1.165, 1.54) is 16.2 Å². The lowest BCUT2D eigenvalue weighted by Gasteiger charge is -2.30. The number of hydrogen-bond donors (Lipinski definition) is 2. The third-order valence-corrected chi connectivity index (χ3v) is 4.29. The molecule has 21 heavy (non-hydrogen) atoms. The number of rotatable bonds is 4. The summed E-state index contributed by atoms with van der Waals surface area (Å²) in [5.74, 6) is -0.00644. The van der Waals surface area contributed by atoms with Gasteiger partial charge in [0.1, 0.15) is 13.1 Å². The summed E-state index contributed by atoms with van der Waals surface area (Å²) in [4.78, 5) is 18.1. The van der Waals surface area contributed by atoms with Crippen LogP contribution in [0.3, 0.4) is 0 Å². The molecule has 2 heterocycles. The summed E-state index contributed by atoms with van der Waals surface area (Å²) in [7, 11) is 0. The SMILES string of the molecule is O=C(Nc1nccs1)[C@H](c1ccccc1)[NH+]1CCOCC1. The van der Waals surface area contributed by atoms with Gasteiger partial charge in [0, 0.05) is 17.1 Å². The van der Waals surface area contributed by atoms with E-state index >= 15 is 0 Å². The van der Waals surface area contributed by atoms with Crippen molar-refractivity contribution in [1.82, 2.24) is 4.98 Å². The van der Waals surface area contributed by atoms with Gasteiger partial charge in [-0.05, 0) is 0 Å². The number of ether oxygens (including phenoxy) is 1. The lowest BCUT2D eigenvalue weighted by molar-refractivity contribution is -0.929. The maximum absolute atomic E-state index is 12.7. The highest BCUT2D eigenvalue weighted by Crippen LogP contribution is 2.15. The maximum Gasteiger partial charge on any atom is 0.289 e. The largest absolute Gasteiger partial charge is 0.370 e. The number of amides is 1. The fourth-order valence-corrected chi connectivity index (χ4v) is 3.13. The fourth-order valence-electron chi connectivity index (χ4n) is 2.60. The Morgan fingerprint density at radius 1 is 1.29 bits per heavy atom. The molecule has 1 saturated heterocycles. The van der Waals surface area contributed by atoms with E-state index in [2.05, 4.69) is 10.3 Å². The highest BCUT2D eigenvalue weighted by Gasteiger charge is 2.33. The highest BCUT2D eigenvalue weighted by atomic mass is 32.1. The van der Waals surface area contributed by atoms with Crippen molar-refractivity contribution in [2.75, 3.05) is 31.6 Å². The second-order valence-corrected chi connectivity index (χ2v) is 5.84. The molecule has 1 aromatic carbocycles. The molecule has 3 rings (SSSR count). The number of benzene rings is 1. The van der Waals surface area contributed by atoms with Crippen LogP contribution in [0.25, 0.3) is 0 Å². The van der Waals surface area contributed by atoms with E-state index in [0.29, 0.717) is 18.3 Å². The number of nitrogens with one attached hydrogen (secondary N) is 2. The molecule has 2 aromatic rings. The van der Waals surface area contributed by atoms with Crippen LogP contribution < -0.4 is 10.2 Å². The minimum atomic E-state index is -0.223. The third kappa shape index (κ3) is 3.47. The first-order valence-corrected chi connectivity index (χ1v) is 7.90. The molecule has 1 amide bonds. The minimum absolute atomic E-state index is 0.00644. The molecule has 2 N–H and O–H groups in total. The average Bonchev–Trinajstić information content (AvgIpc) is 3.02. The van der Waals surface area contributed by atoms with Crippen molar-refractivity contribution in [3.63, 3.8) is 0 Å². The molecular weight excluding hydrogens is 286 g/mol. The second-order valence-electron chi connectivity index (χ2n) is 4.94. The first kappa shape index (κ1) is 14.2. The fraction of sp³-hybridized carbons (Fsp3) is 0.333. The summed E-state index contributed by atoms with van der Waals surface area (Å²) >= 11 is 1.43. The van der Waals surface area contributed by atoms with Crippen LogP contribution in [-0.4, -0.2) is 37.2 Å². The molecule has 110 valence electrons. The zero-order chi connectivity index (χ0) is 14.5. The van der Waals surface area contributed by atoms with Crippen molar-refractivity contribution >= 4 is 22.4 Å². The van der Waals surface area contributed by atoms with Gasteiger partial charge in [0.2, 0.25) is 0 Å². The average molecular weight is 304 g/mol. The highest BCUT2D eigenvalue weighted by molar-refractivity contribution is 7.13. The van der Waals surface area contributed by atoms with E-state index in [0.717, 1.165) is 18.7 Å². The number of anilines is 1.